The number of carboxylic acid groups (broad SMARTS) is 1. The molecule has 20 heavy (non-hydrogen) atoms. The molecule has 2 aromatic rings. The Morgan fingerprint density at radius 3 is 2.75 bits per heavy atom. The van der Waals surface area contributed by atoms with E-state index in [-0.39, 0.29) is 20.6 Å². The Labute approximate surface area is 123 Å². The minimum absolute atomic E-state index is 0.0822. The monoisotopic (exact) mass is 311 g/mol. The van der Waals surface area contributed by atoms with Gasteiger partial charge in [-0.25, -0.2) is 14.8 Å². The summed E-state index contributed by atoms with van der Waals surface area (Å²) in [5.74, 6) is -1.08. The van der Waals surface area contributed by atoms with Crippen molar-refractivity contribution in [2.45, 2.75) is 23.9 Å². The van der Waals surface area contributed by atoms with Crippen molar-refractivity contribution in [1.29, 1.82) is 0 Å². The molecule has 6 nitrogen and oxygen atoms in total. The Hall–Kier alpha value is -1.86. The quantitative estimate of drug-likeness (QED) is 0.844. The van der Waals surface area contributed by atoms with Crippen molar-refractivity contribution in [2.24, 2.45) is 0 Å². The number of carbonyl (C=O) groups is 1. The number of aryl methyl sites for hydroxylation is 2. The first kappa shape index (κ1) is 14.5. The van der Waals surface area contributed by atoms with Crippen molar-refractivity contribution in [3.05, 3.63) is 44.6 Å². The van der Waals surface area contributed by atoms with Crippen LogP contribution in [0.1, 0.15) is 21.6 Å². The molecule has 2 aromatic heterocycles. The summed E-state index contributed by atoms with van der Waals surface area (Å²) in [5, 5.41) is 9.65. The van der Waals surface area contributed by atoms with E-state index in [4.69, 9.17) is 11.6 Å². The molecule has 0 unspecified atom stereocenters. The second-order valence-electron chi connectivity index (χ2n) is 4.02. The Morgan fingerprint density at radius 1 is 1.40 bits per heavy atom. The van der Waals surface area contributed by atoms with Crippen LogP contribution >= 0.6 is 23.4 Å². The molecule has 2 N–H and O–H groups in total. The number of halogens is 1. The first-order chi connectivity index (χ1) is 9.40. The van der Waals surface area contributed by atoms with E-state index < -0.39 is 11.5 Å². The molecule has 0 saturated heterocycles. The molecule has 0 aliphatic rings. The summed E-state index contributed by atoms with van der Waals surface area (Å²) < 4.78 is 0. The van der Waals surface area contributed by atoms with Crippen LogP contribution in [0, 0.1) is 13.8 Å². The van der Waals surface area contributed by atoms with Gasteiger partial charge in [-0.3, -0.25) is 4.79 Å². The first-order valence-electron chi connectivity index (χ1n) is 5.52. The van der Waals surface area contributed by atoms with Gasteiger partial charge in [0.15, 0.2) is 0 Å². The van der Waals surface area contributed by atoms with Gasteiger partial charge in [-0.2, -0.15) is 0 Å². The first-order valence-corrected chi connectivity index (χ1v) is 6.72. The van der Waals surface area contributed by atoms with Gasteiger partial charge in [-0.1, -0.05) is 11.6 Å². The zero-order valence-electron chi connectivity index (χ0n) is 10.6. The molecule has 104 valence electrons. The van der Waals surface area contributed by atoms with Crippen molar-refractivity contribution in [2.75, 3.05) is 0 Å². The van der Waals surface area contributed by atoms with Crippen LogP contribution in [-0.2, 0) is 0 Å². The fourth-order valence-corrected chi connectivity index (χ4v) is 2.90. The van der Waals surface area contributed by atoms with Crippen LogP contribution in [0.15, 0.2) is 27.2 Å². The highest BCUT2D eigenvalue weighted by Crippen LogP contribution is 2.32. The predicted molar refractivity (Wildman–Crippen MR) is 74.7 cm³/mol. The lowest BCUT2D eigenvalue weighted by atomic mass is 10.1. The maximum atomic E-state index is 11.4. The van der Waals surface area contributed by atoms with Crippen LogP contribution in [0.4, 0.5) is 0 Å². The number of H-pyrrole nitrogens is 1. The molecule has 0 saturated carbocycles. The molecule has 0 radical (unpaired) electrons. The Balaban J connectivity index is 2.56. The van der Waals surface area contributed by atoms with Crippen LogP contribution in [-0.4, -0.2) is 26.0 Å². The largest absolute Gasteiger partial charge is 0.478 e. The lowest BCUT2D eigenvalue weighted by Crippen LogP contribution is -2.09. The van der Waals surface area contributed by atoms with Crippen LogP contribution in [0.2, 0.25) is 5.02 Å². The summed E-state index contributed by atoms with van der Waals surface area (Å²) in [6.07, 6.45) is 1.21. The number of pyridine rings is 1. The van der Waals surface area contributed by atoms with Gasteiger partial charge in [-0.15, -0.1) is 0 Å². The highest BCUT2D eigenvalue weighted by molar-refractivity contribution is 7.99. The number of nitrogens with one attached hydrogen (secondary N) is 1. The van der Waals surface area contributed by atoms with E-state index in [0.717, 1.165) is 11.8 Å². The average Bonchev–Trinajstić information content (AvgIpc) is 2.33. The fraction of sp³-hybridized carbons (Fsp3) is 0.167. The molecule has 0 aromatic carbocycles. The second-order valence-corrected chi connectivity index (χ2v) is 5.37. The average molecular weight is 312 g/mol. The van der Waals surface area contributed by atoms with Crippen molar-refractivity contribution in [1.82, 2.24) is 15.0 Å². The van der Waals surface area contributed by atoms with E-state index in [1.807, 2.05) is 0 Å². The molecule has 0 spiro atoms. The van der Waals surface area contributed by atoms with Crippen LogP contribution in [0.3, 0.4) is 0 Å². The number of aromatic amines is 1. The van der Waals surface area contributed by atoms with Gasteiger partial charge >= 0.3 is 5.97 Å². The van der Waals surface area contributed by atoms with Crippen molar-refractivity contribution >= 4 is 29.3 Å². The lowest BCUT2D eigenvalue weighted by Gasteiger charge is -2.09. The third-order valence-corrected chi connectivity index (χ3v) is 3.94. The van der Waals surface area contributed by atoms with Crippen molar-refractivity contribution in [3.63, 3.8) is 0 Å². The molecular formula is C12H10ClN3O3S. The minimum Gasteiger partial charge on any atom is -0.478 e. The third-order valence-electron chi connectivity index (χ3n) is 2.48. The smallest absolute Gasteiger partial charge is 0.338 e. The van der Waals surface area contributed by atoms with Gasteiger partial charge < -0.3 is 10.1 Å². The maximum Gasteiger partial charge on any atom is 0.338 e. The van der Waals surface area contributed by atoms with Gasteiger partial charge in [-0.05, 0) is 37.2 Å². The number of rotatable bonds is 3. The fourth-order valence-electron chi connectivity index (χ4n) is 1.67. The van der Waals surface area contributed by atoms with E-state index in [1.54, 1.807) is 19.9 Å². The zero-order chi connectivity index (χ0) is 14.9. The van der Waals surface area contributed by atoms with E-state index in [0.29, 0.717) is 11.3 Å². The lowest BCUT2D eigenvalue weighted by molar-refractivity contribution is 0.0691. The Morgan fingerprint density at radius 2 is 2.10 bits per heavy atom. The van der Waals surface area contributed by atoms with Gasteiger partial charge in [0, 0.05) is 5.69 Å². The second kappa shape index (κ2) is 5.64. The molecule has 2 heterocycles. The SMILES string of the molecule is Cc1cc(C)c(C(=O)O)c(Sc2nc[nH]c(=O)c2Cl)n1. The van der Waals surface area contributed by atoms with Crippen LogP contribution < -0.4 is 5.56 Å². The van der Waals surface area contributed by atoms with Crippen LogP contribution in [0.5, 0.6) is 0 Å². The molecule has 0 aliphatic heterocycles. The summed E-state index contributed by atoms with van der Waals surface area (Å²) in [4.78, 5) is 33.2. The maximum absolute atomic E-state index is 11.4. The van der Waals surface area contributed by atoms with Crippen LogP contribution in [0.25, 0.3) is 0 Å². The number of aromatic carboxylic acids is 1. The van der Waals surface area contributed by atoms with E-state index in [9.17, 15) is 14.7 Å². The van der Waals surface area contributed by atoms with Crippen molar-refractivity contribution < 1.29 is 9.90 Å². The summed E-state index contributed by atoms with van der Waals surface area (Å²) in [6.45, 7) is 3.45. The minimum atomic E-state index is -1.08. The molecule has 8 heteroatoms. The normalized spacial score (nSPS) is 10.6. The predicted octanol–water partition coefficient (Wildman–Crippen LogP) is 2.28. The molecule has 0 fully saturated rings. The van der Waals surface area contributed by atoms with Gasteiger partial charge in [0.05, 0.1) is 11.9 Å². The number of carboxylic acids is 1. The molecular weight excluding hydrogens is 302 g/mol. The number of aromatic nitrogens is 3. The molecule has 2 rings (SSSR count). The Bertz CT molecular complexity index is 745. The van der Waals surface area contributed by atoms with Gasteiger partial charge in [0.25, 0.3) is 5.56 Å². The summed E-state index contributed by atoms with van der Waals surface area (Å²) >= 11 is 6.81. The summed E-state index contributed by atoms with van der Waals surface area (Å²) in [5.41, 5.74) is 0.869. The molecule has 0 amide bonds. The number of nitrogens with zero attached hydrogens (tertiary/aromatic N) is 2. The van der Waals surface area contributed by atoms with Gasteiger partial charge in [0.1, 0.15) is 15.1 Å². The Kier molecular flexibility index (Phi) is 4.10. The van der Waals surface area contributed by atoms with Gasteiger partial charge in [0.2, 0.25) is 0 Å². The summed E-state index contributed by atoms with van der Waals surface area (Å²) in [7, 11) is 0. The number of hydrogen-bond donors (Lipinski definition) is 2. The topological polar surface area (TPSA) is 95.9 Å². The van der Waals surface area contributed by atoms with E-state index in [1.165, 1.54) is 6.33 Å². The van der Waals surface area contributed by atoms with E-state index in [2.05, 4.69) is 15.0 Å². The highest BCUT2D eigenvalue weighted by atomic mass is 35.5. The summed E-state index contributed by atoms with van der Waals surface area (Å²) in [6, 6.07) is 1.68. The molecule has 0 atom stereocenters. The molecule has 0 aliphatic carbocycles. The molecule has 0 bridgehead atoms. The van der Waals surface area contributed by atoms with E-state index >= 15 is 0 Å². The standard InChI is InChI=1S/C12H10ClN3O3S/c1-5-3-6(2)16-10(7(5)12(18)19)20-11-8(13)9(17)14-4-15-11/h3-4H,1-2H3,(H,18,19)(H,14,15,17). The zero-order valence-corrected chi connectivity index (χ0v) is 12.2. The number of hydrogen-bond acceptors (Lipinski definition) is 5. The van der Waals surface area contributed by atoms with Crippen molar-refractivity contribution in [3.8, 4) is 0 Å². The highest BCUT2D eigenvalue weighted by Gasteiger charge is 2.19. The third kappa shape index (κ3) is 2.83.